The van der Waals surface area contributed by atoms with Gasteiger partial charge in [0.15, 0.2) is 11.5 Å². The van der Waals surface area contributed by atoms with E-state index in [9.17, 15) is 9.59 Å². The second kappa shape index (κ2) is 8.93. The van der Waals surface area contributed by atoms with Gasteiger partial charge in [0.25, 0.3) is 0 Å². The number of nitrogens with two attached hydrogens (primary N) is 1. The second-order valence-electron chi connectivity index (χ2n) is 7.30. The van der Waals surface area contributed by atoms with Gasteiger partial charge in [0, 0.05) is 22.8 Å². The van der Waals surface area contributed by atoms with E-state index in [1.807, 2.05) is 36.4 Å². The van der Waals surface area contributed by atoms with Gasteiger partial charge in [0.2, 0.25) is 11.8 Å². The molecular formula is C25H23N3O4. The second-order valence-corrected chi connectivity index (χ2v) is 7.30. The van der Waals surface area contributed by atoms with E-state index in [-0.39, 0.29) is 12.5 Å². The highest BCUT2D eigenvalue weighted by molar-refractivity contribution is 6.20. The van der Waals surface area contributed by atoms with Gasteiger partial charge < -0.3 is 20.1 Å². The van der Waals surface area contributed by atoms with Crippen molar-refractivity contribution in [3.63, 3.8) is 0 Å². The van der Waals surface area contributed by atoms with E-state index >= 15 is 0 Å². The zero-order valence-electron chi connectivity index (χ0n) is 17.9. The maximum atomic E-state index is 13.2. The zero-order valence-corrected chi connectivity index (χ0v) is 17.9. The van der Waals surface area contributed by atoms with Crippen molar-refractivity contribution in [1.82, 2.24) is 0 Å². The van der Waals surface area contributed by atoms with E-state index in [4.69, 9.17) is 15.2 Å². The fraction of sp³-hybridized carbons (Fsp3) is 0.160. The summed E-state index contributed by atoms with van der Waals surface area (Å²) in [5, 5.41) is 0. The van der Waals surface area contributed by atoms with Crippen LogP contribution in [0.15, 0.2) is 71.7 Å². The lowest BCUT2D eigenvalue weighted by Gasteiger charge is -2.24. The normalized spacial score (nSPS) is 13.1. The molecule has 7 nitrogen and oxygen atoms in total. The first-order valence-corrected chi connectivity index (χ1v) is 10.1. The third-order valence-electron chi connectivity index (χ3n) is 5.33. The summed E-state index contributed by atoms with van der Waals surface area (Å²) < 4.78 is 11.0. The summed E-state index contributed by atoms with van der Waals surface area (Å²) >= 11 is 0. The highest BCUT2D eigenvalue weighted by Crippen LogP contribution is 2.38. The summed E-state index contributed by atoms with van der Waals surface area (Å²) in [5.74, 6) is 0.335. The van der Waals surface area contributed by atoms with Gasteiger partial charge in [-0.3, -0.25) is 14.6 Å². The van der Waals surface area contributed by atoms with Crippen LogP contribution >= 0.6 is 0 Å². The Kier molecular flexibility index (Phi) is 5.89. The number of carbonyl (C=O) groups excluding carboxylic acids is 2. The number of hydrogen-bond acceptors (Lipinski definition) is 5. The van der Waals surface area contributed by atoms with E-state index < -0.39 is 5.91 Å². The third-order valence-corrected chi connectivity index (χ3v) is 5.33. The Balaban J connectivity index is 1.90. The lowest BCUT2D eigenvalue weighted by atomic mass is 9.97. The summed E-state index contributed by atoms with van der Waals surface area (Å²) in [7, 11) is 3.11. The van der Waals surface area contributed by atoms with Crippen molar-refractivity contribution in [3.05, 3.63) is 89.0 Å². The van der Waals surface area contributed by atoms with Crippen molar-refractivity contribution >= 4 is 23.2 Å². The van der Waals surface area contributed by atoms with Crippen LogP contribution < -0.4 is 20.1 Å². The first-order chi connectivity index (χ1) is 15.5. The molecule has 4 rings (SSSR count). The van der Waals surface area contributed by atoms with Gasteiger partial charge in [0.05, 0.1) is 32.2 Å². The highest BCUT2D eigenvalue weighted by Gasteiger charge is 2.28. The van der Waals surface area contributed by atoms with E-state index in [1.165, 1.54) is 0 Å². The van der Waals surface area contributed by atoms with Crippen LogP contribution in [0.1, 0.15) is 27.0 Å². The number of aliphatic imine (C=N–C) groups is 1. The molecule has 0 aliphatic carbocycles. The Labute approximate surface area is 186 Å². The number of primary amides is 1. The molecule has 0 saturated carbocycles. The molecule has 3 aromatic carbocycles. The number of ether oxygens (including phenoxy) is 2. The fourth-order valence-corrected chi connectivity index (χ4v) is 3.74. The minimum atomic E-state index is -0.532. The number of anilines is 1. The van der Waals surface area contributed by atoms with Crippen molar-refractivity contribution in [2.24, 2.45) is 10.7 Å². The predicted molar refractivity (Wildman–Crippen MR) is 123 cm³/mol. The number of carbonyl (C=O) groups is 2. The van der Waals surface area contributed by atoms with Crippen molar-refractivity contribution < 1.29 is 19.1 Å². The Hall–Kier alpha value is -4.13. The van der Waals surface area contributed by atoms with Crippen molar-refractivity contribution in [2.75, 3.05) is 25.7 Å². The van der Waals surface area contributed by atoms with Gasteiger partial charge in [-0.2, -0.15) is 0 Å². The van der Waals surface area contributed by atoms with Crippen LogP contribution in [0.25, 0.3) is 0 Å². The van der Waals surface area contributed by atoms with Crippen molar-refractivity contribution in [2.45, 2.75) is 6.54 Å². The molecule has 32 heavy (non-hydrogen) atoms. The molecule has 0 bridgehead atoms. The molecule has 162 valence electrons. The molecule has 1 aliphatic heterocycles. The van der Waals surface area contributed by atoms with Crippen LogP contribution in [0.2, 0.25) is 0 Å². The van der Waals surface area contributed by atoms with Crippen LogP contribution in [0.3, 0.4) is 0 Å². The predicted octanol–water partition coefficient (Wildman–Crippen LogP) is 3.19. The van der Waals surface area contributed by atoms with E-state index in [0.29, 0.717) is 46.1 Å². The number of rotatable bonds is 6. The number of benzodiazepines with no additional fused rings is 1. The van der Waals surface area contributed by atoms with Crippen molar-refractivity contribution in [1.29, 1.82) is 0 Å². The van der Waals surface area contributed by atoms with Gasteiger partial charge in [-0.1, -0.05) is 42.5 Å². The van der Waals surface area contributed by atoms with Gasteiger partial charge >= 0.3 is 0 Å². The average molecular weight is 429 g/mol. The standard InChI is InChI=1S/C25H23N3O4/c1-31-21-12-19-20(13-22(21)32-2)28(15-16-7-4-3-5-8-16)23(29)14-27-24(19)17-9-6-10-18(11-17)25(26)30/h3-13H,14-15H2,1-2H3,(H2,26,30). The quantitative estimate of drug-likeness (QED) is 0.651. The molecule has 0 fully saturated rings. The molecule has 0 unspecified atom stereocenters. The highest BCUT2D eigenvalue weighted by atomic mass is 16.5. The largest absolute Gasteiger partial charge is 0.493 e. The fourth-order valence-electron chi connectivity index (χ4n) is 3.74. The molecule has 0 radical (unpaired) electrons. The first kappa shape index (κ1) is 21.1. The first-order valence-electron chi connectivity index (χ1n) is 10.1. The van der Waals surface area contributed by atoms with Crippen LogP contribution in [0.4, 0.5) is 5.69 Å². The lowest BCUT2D eigenvalue weighted by molar-refractivity contribution is -0.117. The maximum Gasteiger partial charge on any atom is 0.248 e. The molecule has 2 amide bonds. The third kappa shape index (κ3) is 4.05. The Morgan fingerprint density at radius 2 is 1.72 bits per heavy atom. The number of fused-ring (bicyclic) bond motifs is 1. The minimum absolute atomic E-state index is 0.0394. The number of amides is 2. The molecule has 7 heteroatoms. The van der Waals surface area contributed by atoms with Crippen LogP contribution in [0.5, 0.6) is 11.5 Å². The zero-order chi connectivity index (χ0) is 22.7. The topological polar surface area (TPSA) is 94.2 Å². The van der Waals surface area contributed by atoms with Crippen molar-refractivity contribution in [3.8, 4) is 11.5 Å². The number of methoxy groups -OCH3 is 2. The van der Waals surface area contributed by atoms with Crippen LogP contribution in [-0.2, 0) is 11.3 Å². The molecule has 0 saturated heterocycles. The summed E-state index contributed by atoms with van der Waals surface area (Å²) in [4.78, 5) is 31.2. The monoisotopic (exact) mass is 429 g/mol. The Morgan fingerprint density at radius 3 is 2.41 bits per heavy atom. The smallest absolute Gasteiger partial charge is 0.248 e. The Morgan fingerprint density at radius 1 is 1.00 bits per heavy atom. The maximum absolute atomic E-state index is 13.2. The number of benzene rings is 3. The minimum Gasteiger partial charge on any atom is -0.493 e. The average Bonchev–Trinajstić information content (AvgIpc) is 2.95. The molecule has 0 atom stereocenters. The van der Waals surface area contributed by atoms with Gasteiger partial charge in [-0.15, -0.1) is 0 Å². The van der Waals surface area contributed by atoms with Gasteiger partial charge in [-0.25, -0.2) is 0 Å². The molecule has 3 aromatic rings. The van der Waals surface area contributed by atoms with Gasteiger partial charge in [-0.05, 0) is 23.8 Å². The summed E-state index contributed by atoms with van der Waals surface area (Å²) in [6.07, 6.45) is 0. The molecule has 1 heterocycles. The summed E-state index contributed by atoms with van der Waals surface area (Å²) in [6, 6.07) is 20.2. The van der Waals surface area contributed by atoms with Gasteiger partial charge in [0.1, 0.15) is 6.54 Å². The lowest BCUT2D eigenvalue weighted by Crippen LogP contribution is -2.32. The van der Waals surface area contributed by atoms with E-state index in [1.54, 1.807) is 49.5 Å². The molecule has 1 aliphatic rings. The Bertz CT molecular complexity index is 1210. The summed E-state index contributed by atoms with van der Waals surface area (Å²) in [6.45, 7) is 0.342. The van der Waals surface area contributed by atoms with E-state index in [0.717, 1.165) is 5.56 Å². The molecular weight excluding hydrogens is 406 g/mol. The molecule has 2 N–H and O–H groups in total. The number of nitrogens with zero attached hydrogens (tertiary/aromatic N) is 2. The van der Waals surface area contributed by atoms with E-state index in [2.05, 4.69) is 4.99 Å². The number of hydrogen-bond donors (Lipinski definition) is 1. The van der Waals surface area contributed by atoms with Crippen LogP contribution in [0, 0.1) is 0 Å². The summed E-state index contributed by atoms with van der Waals surface area (Å²) in [5.41, 5.74) is 9.44. The molecule has 0 spiro atoms. The van der Waals surface area contributed by atoms with Crippen LogP contribution in [-0.4, -0.2) is 38.3 Å². The SMILES string of the molecule is COc1cc2c(cc1OC)N(Cc1ccccc1)C(=O)CN=C2c1cccc(C(N)=O)c1. The molecule has 0 aromatic heterocycles.